The number of benzene rings is 1. The van der Waals surface area contributed by atoms with Gasteiger partial charge in [0.05, 0.1) is 10.0 Å². The van der Waals surface area contributed by atoms with Gasteiger partial charge in [0.25, 0.3) is 0 Å². The lowest BCUT2D eigenvalue weighted by atomic mass is 10.0. The van der Waals surface area contributed by atoms with Crippen LogP contribution in [0.3, 0.4) is 0 Å². The molecule has 0 saturated carbocycles. The van der Waals surface area contributed by atoms with Gasteiger partial charge in [-0.25, -0.2) is 4.39 Å². The largest absolute Gasteiger partial charge is 0.314 e. The highest BCUT2D eigenvalue weighted by molar-refractivity contribution is 6.42. The quantitative estimate of drug-likeness (QED) is 0.775. The minimum atomic E-state index is -0.314. The van der Waals surface area contributed by atoms with Gasteiger partial charge in [-0.05, 0) is 12.1 Å². The Labute approximate surface area is 110 Å². The molecule has 0 unspecified atom stereocenters. The van der Waals surface area contributed by atoms with Crippen molar-refractivity contribution in [3.63, 3.8) is 0 Å². The van der Waals surface area contributed by atoms with Gasteiger partial charge in [-0.2, -0.15) is 0 Å². The second-order valence-electron chi connectivity index (χ2n) is 3.47. The van der Waals surface area contributed by atoms with E-state index in [4.69, 9.17) is 23.2 Å². The zero-order chi connectivity index (χ0) is 10.8. The number of halogens is 4. The molecule has 0 amide bonds. The van der Waals surface area contributed by atoms with Crippen LogP contribution in [0.4, 0.5) is 4.39 Å². The van der Waals surface area contributed by atoms with Crippen molar-refractivity contribution in [3.8, 4) is 0 Å². The van der Waals surface area contributed by atoms with E-state index in [0.29, 0.717) is 22.2 Å². The lowest BCUT2D eigenvalue weighted by Gasteiger charge is -2.26. The molecule has 2 N–H and O–H groups in total. The SMILES string of the molecule is Cl.Fc1ccc(Cl)c(Cl)c1[C@@H]1CNCCN1. The number of piperazine rings is 1. The van der Waals surface area contributed by atoms with E-state index in [9.17, 15) is 4.39 Å². The van der Waals surface area contributed by atoms with Crippen molar-refractivity contribution in [2.75, 3.05) is 19.6 Å². The summed E-state index contributed by atoms with van der Waals surface area (Å²) in [6.07, 6.45) is 0. The monoisotopic (exact) mass is 284 g/mol. The van der Waals surface area contributed by atoms with Crippen LogP contribution in [0.25, 0.3) is 0 Å². The zero-order valence-electron chi connectivity index (χ0n) is 8.40. The molecule has 1 aliphatic heterocycles. The van der Waals surface area contributed by atoms with E-state index in [2.05, 4.69) is 10.6 Å². The van der Waals surface area contributed by atoms with Crippen LogP contribution in [-0.2, 0) is 0 Å². The third-order valence-electron chi connectivity index (χ3n) is 2.47. The average Bonchev–Trinajstić information content (AvgIpc) is 2.26. The Balaban J connectivity index is 0.00000128. The van der Waals surface area contributed by atoms with E-state index in [1.165, 1.54) is 12.1 Å². The Bertz CT molecular complexity index is 367. The fourth-order valence-corrected chi connectivity index (χ4v) is 2.17. The molecule has 1 aromatic rings. The zero-order valence-corrected chi connectivity index (χ0v) is 10.7. The van der Waals surface area contributed by atoms with Crippen LogP contribution in [0.5, 0.6) is 0 Å². The molecule has 1 heterocycles. The van der Waals surface area contributed by atoms with E-state index < -0.39 is 0 Å². The van der Waals surface area contributed by atoms with E-state index >= 15 is 0 Å². The summed E-state index contributed by atoms with van der Waals surface area (Å²) < 4.78 is 13.6. The predicted octanol–water partition coefficient (Wildman–Crippen LogP) is 2.79. The molecule has 0 spiro atoms. The number of hydrogen-bond acceptors (Lipinski definition) is 2. The summed E-state index contributed by atoms with van der Waals surface area (Å²) in [4.78, 5) is 0. The van der Waals surface area contributed by atoms with Crippen molar-refractivity contribution in [1.29, 1.82) is 0 Å². The first-order chi connectivity index (χ1) is 7.20. The van der Waals surface area contributed by atoms with E-state index in [1.54, 1.807) is 0 Å². The average molecular weight is 286 g/mol. The molecule has 1 aliphatic rings. The first kappa shape index (κ1) is 14.0. The van der Waals surface area contributed by atoms with Gasteiger partial charge in [0.1, 0.15) is 5.82 Å². The smallest absolute Gasteiger partial charge is 0.129 e. The lowest BCUT2D eigenvalue weighted by molar-refractivity contribution is 0.417. The fourth-order valence-electron chi connectivity index (χ4n) is 1.72. The van der Waals surface area contributed by atoms with Crippen LogP contribution < -0.4 is 10.6 Å². The number of hydrogen-bond donors (Lipinski definition) is 2. The highest BCUT2D eigenvalue weighted by Gasteiger charge is 2.22. The Morgan fingerprint density at radius 1 is 1.25 bits per heavy atom. The van der Waals surface area contributed by atoms with Crippen LogP contribution in [0.1, 0.15) is 11.6 Å². The van der Waals surface area contributed by atoms with Crippen molar-refractivity contribution in [3.05, 3.63) is 33.6 Å². The molecular formula is C10H12Cl3FN2. The predicted molar refractivity (Wildman–Crippen MR) is 67.3 cm³/mol. The first-order valence-electron chi connectivity index (χ1n) is 4.77. The van der Waals surface area contributed by atoms with Crippen LogP contribution in [0.15, 0.2) is 12.1 Å². The van der Waals surface area contributed by atoms with Crippen LogP contribution in [0.2, 0.25) is 10.0 Å². The summed E-state index contributed by atoms with van der Waals surface area (Å²) in [7, 11) is 0. The fraction of sp³-hybridized carbons (Fsp3) is 0.400. The molecule has 0 aliphatic carbocycles. The van der Waals surface area contributed by atoms with Gasteiger partial charge in [0.2, 0.25) is 0 Å². The van der Waals surface area contributed by atoms with Gasteiger partial charge in [-0.3, -0.25) is 0 Å². The first-order valence-corrected chi connectivity index (χ1v) is 5.53. The third kappa shape index (κ3) is 2.79. The Hall–Kier alpha value is -0.0600. The summed E-state index contributed by atoms with van der Waals surface area (Å²) in [5.41, 5.74) is 0.455. The number of nitrogens with one attached hydrogen (secondary N) is 2. The Kier molecular flexibility index (Phi) is 5.28. The van der Waals surface area contributed by atoms with Gasteiger partial charge in [-0.1, -0.05) is 23.2 Å². The molecule has 1 saturated heterocycles. The van der Waals surface area contributed by atoms with Crippen LogP contribution in [-0.4, -0.2) is 19.6 Å². The van der Waals surface area contributed by atoms with E-state index in [0.717, 1.165) is 13.1 Å². The van der Waals surface area contributed by atoms with Crippen molar-refractivity contribution in [2.24, 2.45) is 0 Å². The molecule has 2 rings (SSSR count). The Morgan fingerprint density at radius 3 is 2.62 bits per heavy atom. The van der Waals surface area contributed by atoms with Crippen LogP contribution >= 0.6 is 35.6 Å². The molecule has 0 radical (unpaired) electrons. The standard InChI is InChI=1S/C10H11Cl2FN2.ClH/c11-6-1-2-7(13)9(10(6)12)8-5-14-3-4-15-8;/h1-2,8,14-15H,3-5H2;1H/t8-;/m0./s1. The van der Waals surface area contributed by atoms with Gasteiger partial charge in [0, 0.05) is 31.2 Å². The molecule has 0 bridgehead atoms. The molecule has 0 aromatic heterocycles. The van der Waals surface area contributed by atoms with Crippen molar-refractivity contribution < 1.29 is 4.39 Å². The van der Waals surface area contributed by atoms with Crippen molar-refractivity contribution in [2.45, 2.75) is 6.04 Å². The molecule has 16 heavy (non-hydrogen) atoms. The maximum absolute atomic E-state index is 13.6. The normalized spacial score (nSPS) is 20.3. The summed E-state index contributed by atoms with van der Waals surface area (Å²) in [5, 5.41) is 7.07. The van der Waals surface area contributed by atoms with Gasteiger partial charge < -0.3 is 10.6 Å². The molecular weight excluding hydrogens is 273 g/mol. The molecule has 1 aromatic carbocycles. The lowest BCUT2D eigenvalue weighted by Crippen LogP contribution is -2.43. The highest BCUT2D eigenvalue weighted by Crippen LogP contribution is 2.32. The minimum absolute atomic E-state index is 0. The number of rotatable bonds is 1. The summed E-state index contributed by atoms with van der Waals surface area (Å²) in [6.45, 7) is 2.35. The third-order valence-corrected chi connectivity index (χ3v) is 3.29. The van der Waals surface area contributed by atoms with Crippen molar-refractivity contribution >= 4 is 35.6 Å². The maximum atomic E-state index is 13.6. The van der Waals surface area contributed by atoms with Crippen LogP contribution in [0, 0.1) is 5.82 Å². The van der Waals surface area contributed by atoms with E-state index in [1.807, 2.05) is 0 Å². The van der Waals surface area contributed by atoms with Gasteiger partial charge in [0.15, 0.2) is 0 Å². The Morgan fingerprint density at radius 2 is 2.00 bits per heavy atom. The van der Waals surface area contributed by atoms with Gasteiger partial charge >= 0.3 is 0 Å². The maximum Gasteiger partial charge on any atom is 0.129 e. The van der Waals surface area contributed by atoms with Gasteiger partial charge in [-0.15, -0.1) is 12.4 Å². The molecule has 1 atom stereocenters. The molecule has 90 valence electrons. The van der Waals surface area contributed by atoms with E-state index in [-0.39, 0.29) is 24.3 Å². The topological polar surface area (TPSA) is 24.1 Å². The highest BCUT2D eigenvalue weighted by atomic mass is 35.5. The molecule has 2 nitrogen and oxygen atoms in total. The minimum Gasteiger partial charge on any atom is -0.314 e. The summed E-state index contributed by atoms with van der Waals surface area (Å²) in [6, 6.07) is 2.71. The summed E-state index contributed by atoms with van der Waals surface area (Å²) >= 11 is 11.9. The van der Waals surface area contributed by atoms with Crippen molar-refractivity contribution in [1.82, 2.24) is 10.6 Å². The molecule has 1 fully saturated rings. The summed E-state index contributed by atoms with van der Waals surface area (Å²) in [5.74, 6) is -0.314. The molecule has 6 heteroatoms. The second kappa shape index (κ2) is 6.03. The second-order valence-corrected chi connectivity index (χ2v) is 4.25.